The van der Waals surface area contributed by atoms with Gasteiger partial charge in [-0.25, -0.2) is 0 Å². The van der Waals surface area contributed by atoms with E-state index < -0.39 is 24.4 Å². The van der Waals surface area contributed by atoms with Crippen LogP contribution in [0.15, 0.2) is 24.3 Å². The fourth-order valence-electron chi connectivity index (χ4n) is 4.54. The van der Waals surface area contributed by atoms with E-state index in [2.05, 4.69) is 19.2 Å². The Balaban J connectivity index is 1.52. The molecule has 1 aliphatic carbocycles. The van der Waals surface area contributed by atoms with Gasteiger partial charge in [0.2, 0.25) is 5.91 Å². The lowest BCUT2D eigenvalue weighted by Crippen LogP contribution is -2.45. The third-order valence-electron chi connectivity index (χ3n) is 6.48. The number of likely N-dealkylation sites (tertiary alicyclic amines) is 1. The first-order valence-corrected chi connectivity index (χ1v) is 10.6. The average molecular weight is 415 g/mol. The number of ketones is 1. The number of nitrogens with one attached hydrogen (secondary N) is 1. The van der Waals surface area contributed by atoms with Gasteiger partial charge in [-0.2, -0.15) is 0 Å². The summed E-state index contributed by atoms with van der Waals surface area (Å²) in [5, 5.41) is 2.60. The maximum Gasteiger partial charge on any atom is 0.311 e. The van der Waals surface area contributed by atoms with Gasteiger partial charge in [-0.05, 0) is 37.3 Å². The second-order valence-corrected chi connectivity index (χ2v) is 8.54. The van der Waals surface area contributed by atoms with Gasteiger partial charge in [0, 0.05) is 24.6 Å². The number of amides is 2. The Kier molecular flexibility index (Phi) is 6.90. The molecular formula is C23H30N2O5. The van der Waals surface area contributed by atoms with Crippen molar-refractivity contribution in [3.05, 3.63) is 29.8 Å². The minimum Gasteiger partial charge on any atom is -0.455 e. The minimum atomic E-state index is -0.542. The largest absolute Gasteiger partial charge is 0.455 e. The molecular weight excluding hydrogens is 384 g/mol. The number of carbonyl (C=O) groups is 4. The average Bonchev–Trinajstić information content (AvgIpc) is 3.10. The van der Waals surface area contributed by atoms with Crippen molar-refractivity contribution >= 4 is 29.3 Å². The maximum atomic E-state index is 12.5. The van der Waals surface area contributed by atoms with Crippen molar-refractivity contribution in [2.24, 2.45) is 17.8 Å². The smallest absolute Gasteiger partial charge is 0.311 e. The zero-order valence-corrected chi connectivity index (χ0v) is 17.8. The van der Waals surface area contributed by atoms with Gasteiger partial charge in [0.1, 0.15) is 0 Å². The SMILES string of the molecule is CC(=O)c1ccccc1NC(=O)COC(=O)[C@@H]1CC(=O)N([C@H]2CCC[C@H](C)[C@H]2C)C1. The second-order valence-electron chi connectivity index (χ2n) is 8.54. The molecule has 162 valence electrons. The fraction of sp³-hybridized carbons (Fsp3) is 0.565. The van der Waals surface area contributed by atoms with E-state index in [9.17, 15) is 19.2 Å². The Morgan fingerprint density at radius 2 is 1.90 bits per heavy atom. The number of esters is 1. The summed E-state index contributed by atoms with van der Waals surface area (Å²) in [6.07, 6.45) is 3.37. The number of carbonyl (C=O) groups excluding carboxylic acids is 4. The van der Waals surface area contributed by atoms with Gasteiger partial charge < -0.3 is 15.0 Å². The monoisotopic (exact) mass is 414 g/mol. The van der Waals surface area contributed by atoms with Gasteiger partial charge in [0.05, 0.1) is 11.6 Å². The second kappa shape index (κ2) is 9.41. The molecule has 1 saturated carbocycles. The molecule has 1 aliphatic heterocycles. The summed E-state index contributed by atoms with van der Waals surface area (Å²) in [4.78, 5) is 50.7. The first kappa shape index (κ1) is 22.0. The molecule has 1 aromatic carbocycles. The molecule has 0 unspecified atom stereocenters. The van der Waals surface area contributed by atoms with Crippen molar-refractivity contribution in [1.82, 2.24) is 4.90 Å². The Hall–Kier alpha value is -2.70. The molecule has 0 spiro atoms. The number of hydrogen-bond acceptors (Lipinski definition) is 5. The molecule has 30 heavy (non-hydrogen) atoms. The van der Waals surface area contributed by atoms with Crippen LogP contribution < -0.4 is 5.32 Å². The van der Waals surface area contributed by atoms with E-state index >= 15 is 0 Å². The predicted octanol–water partition coefficient (Wildman–Crippen LogP) is 3.04. The molecule has 7 heteroatoms. The molecule has 1 heterocycles. The van der Waals surface area contributed by atoms with Crippen LogP contribution in [0.2, 0.25) is 0 Å². The third kappa shape index (κ3) is 4.89. The Morgan fingerprint density at radius 1 is 1.17 bits per heavy atom. The summed E-state index contributed by atoms with van der Waals surface area (Å²) in [6, 6.07) is 6.83. The molecule has 3 rings (SSSR count). The lowest BCUT2D eigenvalue weighted by Gasteiger charge is -2.39. The van der Waals surface area contributed by atoms with Crippen LogP contribution in [-0.4, -0.2) is 47.7 Å². The van der Waals surface area contributed by atoms with Crippen molar-refractivity contribution in [1.29, 1.82) is 0 Å². The fourth-order valence-corrected chi connectivity index (χ4v) is 4.54. The Labute approximate surface area is 177 Å². The molecule has 0 aromatic heterocycles. The number of hydrogen-bond donors (Lipinski definition) is 1. The molecule has 2 amide bonds. The van der Waals surface area contributed by atoms with Crippen LogP contribution in [0.25, 0.3) is 0 Å². The zero-order chi connectivity index (χ0) is 21.8. The summed E-state index contributed by atoms with van der Waals surface area (Å²) in [6.45, 7) is 5.71. The zero-order valence-electron chi connectivity index (χ0n) is 17.8. The van der Waals surface area contributed by atoms with Gasteiger partial charge in [-0.1, -0.05) is 38.8 Å². The highest BCUT2D eigenvalue weighted by atomic mass is 16.5. The third-order valence-corrected chi connectivity index (χ3v) is 6.48. The number of benzene rings is 1. The molecule has 0 bridgehead atoms. The van der Waals surface area contributed by atoms with Gasteiger partial charge in [-0.3, -0.25) is 19.2 Å². The molecule has 1 N–H and O–H groups in total. The summed E-state index contributed by atoms with van der Waals surface area (Å²) in [5.41, 5.74) is 0.777. The number of nitrogens with zero attached hydrogens (tertiary/aromatic N) is 1. The highest BCUT2D eigenvalue weighted by Crippen LogP contribution is 2.35. The molecule has 4 atom stereocenters. The van der Waals surface area contributed by atoms with Gasteiger partial charge >= 0.3 is 5.97 Å². The minimum absolute atomic E-state index is 0.0114. The summed E-state index contributed by atoms with van der Waals surface area (Å²) >= 11 is 0. The highest BCUT2D eigenvalue weighted by Gasteiger charge is 2.42. The van der Waals surface area contributed by atoms with Crippen LogP contribution >= 0.6 is 0 Å². The summed E-state index contributed by atoms with van der Waals surface area (Å²) in [5.74, 6) is -0.806. The van der Waals surface area contributed by atoms with Crippen LogP contribution in [0.1, 0.15) is 56.8 Å². The Bertz CT molecular complexity index is 837. The van der Waals surface area contributed by atoms with Crippen molar-refractivity contribution < 1.29 is 23.9 Å². The number of anilines is 1. The van der Waals surface area contributed by atoms with Crippen molar-refractivity contribution in [2.75, 3.05) is 18.5 Å². The van der Waals surface area contributed by atoms with Crippen LogP contribution in [0.5, 0.6) is 0 Å². The predicted molar refractivity (Wildman–Crippen MR) is 112 cm³/mol. The van der Waals surface area contributed by atoms with Gasteiger partial charge in [0.25, 0.3) is 5.91 Å². The first-order valence-electron chi connectivity index (χ1n) is 10.6. The number of ether oxygens (including phenoxy) is 1. The normalized spacial score (nSPS) is 26.4. The molecule has 2 fully saturated rings. The van der Waals surface area contributed by atoms with Gasteiger partial charge in [-0.15, -0.1) is 0 Å². The highest BCUT2D eigenvalue weighted by molar-refractivity contribution is 6.04. The topological polar surface area (TPSA) is 92.8 Å². The molecule has 1 aromatic rings. The van der Waals surface area contributed by atoms with E-state index in [0.29, 0.717) is 29.6 Å². The first-order chi connectivity index (χ1) is 14.3. The van der Waals surface area contributed by atoms with Crippen LogP contribution in [-0.2, 0) is 19.1 Å². The van der Waals surface area contributed by atoms with Crippen molar-refractivity contribution in [3.63, 3.8) is 0 Å². The standard InChI is InChI=1S/C23H30N2O5/c1-14-7-6-10-20(15(14)2)25-12-17(11-22(25)28)23(29)30-13-21(27)24-19-9-5-4-8-18(19)16(3)26/h4-5,8-9,14-15,17,20H,6-7,10-13H2,1-3H3,(H,24,27)/t14-,15+,17+,20-/m0/s1. The molecule has 7 nitrogen and oxygen atoms in total. The van der Waals surface area contributed by atoms with Gasteiger partial charge in [0.15, 0.2) is 12.4 Å². The van der Waals surface area contributed by atoms with Crippen LogP contribution in [0, 0.1) is 17.8 Å². The van der Waals surface area contributed by atoms with E-state index in [0.717, 1.165) is 12.8 Å². The lowest BCUT2D eigenvalue weighted by molar-refractivity contribution is -0.151. The Morgan fingerprint density at radius 3 is 2.63 bits per heavy atom. The van der Waals surface area contributed by atoms with Crippen molar-refractivity contribution in [2.45, 2.75) is 52.5 Å². The van der Waals surface area contributed by atoms with E-state index in [1.807, 2.05) is 4.90 Å². The van der Waals surface area contributed by atoms with E-state index in [-0.39, 0.29) is 24.2 Å². The number of rotatable bonds is 6. The van der Waals surface area contributed by atoms with E-state index in [1.165, 1.54) is 13.3 Å². The molecule has 0 radical (unpaired) electrons. The van der Waals surface area contributed by atoms with E-state index in [4.69, 9.17) is 4.74 Å². The van der Waals surface area contributed by atoms with E-state index in [1.54, 1.807) is 24.3 Å². The summed E-state index contributed by atoms with van der Waals surface area (Å²) < 4.78 is 5.18. The number of Topliss-reactive ketones (excluding diaryl/α,β-unsaturated/α-hetero) is 1. The van der Waals surface area contributed by atoms with Crippen molar-refractivity contribution in [3.8, 4) is 0 Å². The molecule has 2 aliphatic rings. The number of para-hydroxylation sites is 1. The molecule has 1 saturated heterocycles. The summed E-state index contributed by atoms with van der Waals surface area (Å²) in [7, 11) is 0. The van der Waals surface area contributed by atoms with Crippen LogP contribution in [0.3, 0.4) is 0 Å². The quantitative estimate of drug-likeness (QED) is 0.570. The van der Waals surface area contributed by atoms with Crippen LogP contribution in [0.4, 0.5) is 5.69 Å². The lowest BCUT2D eigenvalue weighted by atomic mass is 9.77. The maximum absolute atomic E-state index is 12.5.